The fourth-order valence-corrected chi connectivity index (χ4v) is 4.51. The number of aromatic amines is 1. The van der Waals surface area contributed by atoms with E-state index in [9.17, 15) is 18.8 Å². The molecule has 196 valence electrons. The highest BCUT2D eigenvalue weighted by molar-refractivity contribution is 5.96. The zero-order valence-corrected chi connectivity index (χ0v) is 21.8. The number of nitrogens with one attached hydrogen (secondary N) is 1. The van der Waals surface area contributed by atoms with Crippen molar-refractivity contribution in [3.63, 3.8) is 0 Å². The minimum atomic E-state index is -0.596. The quantitative estimate of drug-likeness (QED) is 0.432. The lowest BCUT2D eigenvalue weighted by atomic mass is 10.0. The molecule has 1 aliphatic rings. The summed E-state index contributed by atoms with van der Waals surface area (Å²) in [5.41, 5.74) is 2.75. The van der Waals surface area contributed by atoms with Crippen LogP contribution in [-0.4, -0.2) is 58.0 Å². The summed E-state index contributed by atoms with van der Waals surface area (Å²) < 4.78 is 14.7. The van der Waals surface area contributed by atoms with E-state index in [0.717, 1.165) is 5.56 Å². The summed E-state index contributed by atoms with van der Waals surface area (Å²) in [6.07, 6.45) is 0.330. The highest BCUT2D eigenvalue weighted by Crippen LogP contribution is 2.20. The van der Waals surface area contributed by atoms with E-state index >= 15 is 0 Å². The molecule has 0 aliphatic carbocycles. The first-order chi connectivity index (χ1) is 18.4. The predicted molar refractivity (Wildman–Crippen MR) is 146 cm³/mol. The molecule has 1 aliphatic heterocycles. The number of carbonyl (C=O) groups excluding carboxylic acids is 2. The van der Waals surface area contributed by atoms with Crippen LogP contribution in [0.3, 0.4) is 0 Å². The maximum Gasteiger partial charge on any atom is 0.272 e. The van der Waals surface area contributed by atoms with E-state index in [0.29, 0.717) is 60.2 Å². The van der Waals surface area contributed by atoms with E-state index in [2.05, 4.69) is 10.2 Å². The number of rotatable bonds is 4. The van der Waals surface area contributed by atoms with Crippen LogP contribution in [0.5, 0.6) is 0 Å². The van der Waals surface area contributed by atoms with Gasteiger partial charge in [-0.15, -0.1) is 0 Å². The number of H-pyrrole nitrogens is 1. The molecule has 0 bridgehead atoms. The number of aromatic nitrogens is 2. The molecule has 0 spiro atoms. The largest absolute Gasteiger partial charge is 0.335 e. The van der Waals surface area contributed by atoms with Gasteiger partial charge in [0.05, 0.1) is 16.6 Å². The average molecular weight is 515 g/mol. The smallest absolute Gasteiger partial charge is 0.272 e. The number of amides is 2. The Morgan fingerprint density at radius 3 is 2.13 bits per heavy atom. The Kier molecular flexibility index (Phi) is 8.31. The topological polar surface area (TPSA) is 86.4 Å². The molecule has 1 fully saturated rings. The highest BCUT2D eigenvalue weighted by atomic mass is 19.1. The van der Waals surface area contributed by atoms with Crippen LogP contribution in [0.2, 0.25) is 0 Å². The Morgan fingerprint density at radius 1 is 0.868 bits per heavy atom. The van der Waals surface area contributed by atoms with E-state index in [-0.39, 0.29) is 17.0 Å². The summed E-state index contributed by atoms with van der Waals surface area (Å²) >= 11 is 0. The van der Waals surface area contributed by atoms with Crippen LogP contribution in [0.4, 0.5) is 4.39 Å². The monoisotopic (exact) mass is 514 g/mol. The van der Waals surface area contributed by atoms with Gasteiger partial charge in [-0.1, -0.05) is 55.8 Å². The summed E-state index contributed by atoms with van der Waals surface area (Å²) in [7, 11) is 0. The van der Waals surface area contributed by atoms with Crippen molar-refractivity contribution >= 4 is 22.6 Å². The Morgan fingerprint density at radius 2 is 1.47 bits per heavy atom. The minimum absolute atomic E-state index is 0.0143. The molecular formula is C30H31FN4O3. The maximum atomic E-state index is 14.7. The molecule has 0 atom stereocenters. The standard InChI is InChI=1S/C28H25FN4O3.C2H6/c1-18-6-9-20(10-7-18)27(35)32-12-14-33(15-13-32)28(36)23-16-19(8-11-24(23)29)17-25-21-4-2-3-5-22(21)26(34)31-30-25;1-2/h2-11,16H,12-15,17H2,1H3,(H,31,34);1-2H3. The lowest BCUT2D eigenvalue weighted by molar-refractivity contribution is 0.0532. The van der Waals surface area contributed by atoms with Crippen LogP contribution < -0.4 is 5.56 Å². The third-order valence-corrected chi connectivity index (χ3v) is 6.56. The molecule has 1 aromatic heterocycles. The Labute approximate surface area is 220 Å². The van der Waals surface area contributed by atoms with E-state index in [4.69, 9.17) is 0 Å². The van der Waals surface area contributed by atoms with E-state index < -0.39 is 11.7 Å². The second-order valence-electron chi connectivity index (χ2n) is 8.99. The van der Waals surface area contributed by atoms with Gasteiger partial charge < -0.3 is 9.80 Å². The Bertz CT molecular complexity index is 1510. The summed E-state index contributed by atoms with van der Waals surface area (Å²) in [5, 5.41) is 7.93. The number of piperazine rings is 1. The zero-order valence-electron chi connectivity index (χ0n) is 21.8. The van der Waals surface area contributed by atoms with Crippen LogP contribution >= 0.6 is 0 Å². The van der Waals surface area contributed by atoms with Gasteiger partial charge in [0.25, 0.3) is 17.4 Å². The van der Waals surface area contributed by atoms with Gasteiger partial charge in [0, 0.05) is 43.5 Å². The molecule has 1 saturated heterocycles. The zero-order chi connectivity index (χ0) is 27.2. The summed E-state index contributed by atoms with van der Waals surface area (Å²) in [5.74, 6) is -1.08. The molecule has 2 heterocycles. The Balaban J connectivity index is 0.00000164. The number of fused-ring (bicyclic) bond motifs is 1. The molecule has 0 radical (unpaired) electrons. The highest BCUT2D eigenvalue weighted by Gasteiger charge is 2.27. The maximum absolute atomic E-state index is 14.7. The molecule has 38 heavy (non-hydrogen) atoms. The van der Waals surface area contributed by atoms with Gasteiger partial charge >= 0.3 is 0 Å². The predicted octanol–water partition coefficient (Wildman–Crippen LogP) is 4.59. The van der Waals surface area contributed by atoms with Crippen LogP contribution in [0, 0.1) is 12.7 Å². The third kappa shape index (κ3) is 5.64. The number of aryl methyl sites for hydroxylation is 1. The van der Waals surface area contributed by atoms with Crippen molar-refractivity contribution in [3.8, 4) is 0 Å². The lowest BCUT2D eigenvalue weighted by Gasteiger charge is -2.35. The van der Waals surface area contributed by atoms with Gasteiger partial charge in [-0.05, 0) is 42.8 Å². The van der Waals surface area contributed by atoms with E-state index in [1.807, 2.05) is 45.0 Å². The number of hydrogen-bond acceptors (Lipinski definition) is 4. The van der Waals surface area contributed by atoms with Gasteiger partial charge in [0.15, 0.2) is 0 Å². The molecular weight excluding hydrogens is 483 g/mol. The van der Waals surface area contributed by atoms with Crippen molar-refractivity contribution in [3.05, 3.63) is 111 Å². The number of hydrogen-bond donors (Lipinski definition) is 1. The van der Waals surface area contributed by atoms with Crippen molar-refractivity contribution in [2.45, 2.75) is 27.2 Å². The number of nitrogens with zero attached hydrogens (tertiary/aromatic N) is 3. The SMILES string of the molecule is CC.Cc1ccc(C(=O)N2CCN(C(=O)c3cc(Cc4n[nH]c(=O)c5ccccc45)ccc3F)CC2)cc1. The number of carbonyl (C=O) groups is 2. The Hall–Kier alpha value is -4.33. The van der Waals surface area contributed by atoms with Crippen molar-refractivity contribution in [1.82, 2.24) is 20.0 Å². The molecule has 0 unspecified atom stereocenters. The molecule has 5 rings (SSSR count). The van der Waals surface area contributed by atoms with Crippen LogP contribution in [-0.2, 0) is 6.42 Å². The van der Waals surface area contributed by atoms with Crippen molar-refractivity contribution in [2.24, 2.45) is 0 Å². The van der Waals surface area contributed by atoms with E-state index in [1.54, 1.807) is 46.2 Å². The van der Waals surface area contributed by atoms with Crippen LogP contribution in [0.15, 0.2) is 71.5 Å². The van der Waals surface area contributed by atoms with E-state index in [1.165, 1.54) is 6.07 Å². The number of halogens is 1. The fourth-order valence-electron chi connectivity index (χ4n) is 4.51. The molecule has 7 nitrogen and oxygen atoms in total. The van der Waals surface area contributed by atoms with Crippen LogP contribution in [0.1, 0.15) is 51.4 Å². The van der Waals surface area contributed by atoms with Crippen molar-refractivity contribution in [2.75, 3.05) is 26.2 Å². The normalized spacial score (nSPS) is 13.2. The molecule has 8 heteroatoms. The number of benzene rings is 3. The average Bonchev–Trinajstić information content (AvgIpc) is 2.96. The molecule has 3 aromatic carbocycles. The van der Waals surface area contributed by atoms with Gasteiger partial charge in [0.2, 0.25) is 0 Å². The van der Waals surface area contributed by atoms with Crippen LogP contribution in [0.25, 0.3) is 10.8 Å². The summed E-state index contributed by atoms with van der Waals surface area (Å²) in [6, 6.07) is 19.0. The fraction of sp³-hybridized carbons (Fsp3) is 0.267. The first-order valence-corrected chi connectivity index (χ1v) is 12.8. The van der Waals surface area contributed by atoms with Crippen molar-refractivity contribution < 1.29 is 14.0 Å². The first-order valence-electron chi connectivity index (χ1n) is 12.8. The minimum Gasteiger partial charge on any atom is -0.335 e. The third-order valence-electron chi connectivity index (χ3n) is 6.56. The second kappa shape index (κ2) is 11.8. The first kappa shape index (κ1) is 26.7. The molecule has 4 aromatic rings. The molecule has 1 N–H and O–H groups in total. The molecule has 2 amide bonds. The molecule has 0 saturated carbocycles. The van der Waals surface area contributed by atoms with Gasteiger partial charge in [-0.25, -0.2) is 9.49 Å². The second-order valence-corrected chi connectivity index (χ2v) is 8.99. The van der Waals surface area contributed by atoms with Crippen molar-refractivity contribution in [1.29, 1.82) is 0 Å². The van der Waals surface area contributed by atoms with Gasteiger partial charge in [-0.3, -0.25) is 14.4 Å². The summed E-state index contributed by atoms with van der Waals surface area (Å²) in [6.45, 7) is 7.38. The summed E-state index contributed by atoms with van der Waals surface area (Å²) in [4.78, 5) is 41.3. The van der Waals surface area contributed by atoms with Gasteiger partial charge in [0.1, 0.15) is 5.82 Å². The van der Waals surface area contributed by atoms with Gasteiger partial charge in [-0.2, -0.15) is 5.10 Å². The lowest BCUT2D eigenvalue weighted by Crippen LogP contribution is -2.50.